The minimum atomic E-state index is -1.29. The summed E-state index contributed by atoms with van der Waals surface area (Å²) >= 11 is 0.925. The van der Waals surface area contributed by atoms with Crippen molar-refractivity contribution in [3.63, 3.8) is 0 Å². The molecule has 3 rings (SSSR count). The van der Waals surface area contributed by atoms with Gasteiger partial charge in [-0.2, -0.15) is 0 Å². The average Bonchev–Trinajstić information content (AvgIpc) is 3.27. The highest BCUT2D eigenvalue weighted by Crippen LogP contribution is 2.31. The summed E-state index contributed by atoms with van der Waals surface area (Å²) in [7, 11) is 5.05. The average molecular weight is 413 g/mol. The van der Waals surface area contributed by atoms with Crippen molar-refractivity contribution < 1.29 is 19.4 Å². The molecular weight excluding hydrogens is 392 g/mol. The van der Waals surface area contributed by atoms with Crippen molar-refractivity contribution >= 4 is 23.8 Å². The number of benzene rings is 1. The normalized spacial score (nSPS) is 11.6. The van der Waals surface area contributed by atoms with Gasteiger partial charge in [-0.1, -0.05) is 0 Å². The van der Waals surface area contributed by atoms with Crippen molar-refractivity contribution in [3.8, 4) is 22.9 Å². The largest absolute Gasteiger partial charge is 0.544 e. The Morgan fingerprint density at radius 2 is 1.83 bits per heavy atom. The zero-order valence-corrected chi connectivity index (χ0v) is 17.6. The summed E-state index contributed by atoms with van der Waals surface area (Å²) in [6.07, 6.45) is 1.58. The highest BCUT2D eigenvalue weighted by molar-refractivity contribution is 8.04. The summed E-state index contributed by atoms with van der Waals surface area (Å²) in [5, 5.41) is 18.9. The minimum Gasteiger partial charge on any atom is -0.544 e. The number of methoxy groups -OCH3 is 2. The molecule has 0 bridgehead atoms. The highest BCUT2D eigenvalue weighted by atomic mass is 32.2. The Labute approximate surface area is 172 Å². The van der Waals surface area contributed by atoms with Crippen LogP contribution in [-0.2, 0) is 11.8 Å². The Morgan fingerprint density at radius 3 is 2.34 bits per heavy atom. The maximum Gasteiger partial charge on any atom is 0.213 e. The number of aryl methyl sites for hydroxylation is 1. The molecule has 0 atom stereocenters. The van der Waals surface area contributed by atoms with Gasteiger partial charge >= 0.3 is 0 Å². The first kappa shape index (κ1) is 20.5. The number of hydrogen-bond donors (Lipinski definition) is 1. The fraction of sp³-hybridized carbons (Fsp3) is 0.250. The van der Waals surface area contributed by atoms with Gasteiger partial charge in [-0.3, -0.25) is 5.10 Å². The molecule has 3 aromatic rings. The Morgan fingerprint density at radius 1 is 1.17 bits per heavy atom. The molecule has 0 aliphatic rings. The summed E-state index contributed by atoms with van der Waals surface area (Å²) in [5.41, 5.74) is 3.50. The second-order valence-corrected chi connectivity index (χ2v) is 7.36. The number of H-pyrrole nitrogens is 1. The quantitative estimate of drug-likeness (QED) is 0.468. The molecule has 0 fully saturated rings. The number of carbonyl (C=O) groups excluding carboxylic acids is 1. The van der Waals surface area contributed by atoms with Crippen LogP contribution in [0.2, 0.25) is 0 Å². The molecule has 0 aliphatic carbocycles. The van der Waals surface area contributed by atoms with E-state index in [1.807, 2.05) is 31.5 Å². The standard InChI is InChI=1S/C20H22N4O4S/c1-11-6-13(12(2)24(11)3)9-17(19(25)26)29-20-21-18(22-23-20)14-7-15(27-4)10-16(8-14)28-5/h6-10H,1-5H3,(H,25,26)(H,21,22,23)/p-1/b17-9-. The topological polar surface area (TPSA) is 105 Å². The van der Waals surface area contributed by atoms with E-state index in [1.165, 1.54) is 0 Å². The van der Waals surface area contributed by atoms with Gasteiger partial charge in [0.05, 0.1) is 20.2 Å². The van der Waals surface area contributed by atoms with Crippen LogP contribution in [0.1, 0.15) is 17.0 Å². The molecule has 9 heteroatoms. The smallest absolute Gasteiger partial charge is 0.213 e. The maximum absolute atomic E-state index is 11.6. The second kappa shape index (κ2) is 8.44. The maximum atomic E-state index is 11.6. The van der Waals surface area contributed by atoms with E-state index < -0.39 is 5.97 Å². The van der Waals surface area contributed by atoms with Gasteiger partial charge in [-0.15, -0.1) is 5.10 Å². The van der Waals surface area contributed by atoms with Gasteiger partial charge in [0, 0.05) is 35.0 Å². The Hall–Kier alpha value is -3.20. The number of aliphatic carboxylic acids is 1. The molecule has 2 heterocycles. The van der Waals surface area contributed by atoms with Crippen LogP contribution in [0.15, 0.2) is 34.3 Å². The lowest BCUT2D eigenvalue weighted by Crippen LogP contribution is -2.23. The lowest BCUT2D eigenvalue weighted by Gasteiger charge is -2.07. The molecule has 0 aliphatic heterocycles. The van der Waals surface area contributed by atoms with Crippen LogP contribution >= 0.6 is 11.8 Å². The molecule has 152 valence electrons. The summed E-state index contributed by atoms with van der Waals surface area (Å²) < 4.78 is 12.5. The molecule has 0 unspecified atom stereocenters. The predicted molar refractivity (Wildman–Crippen MR) is 109 cm³/mol. The van der Waals surface area contributed by atoms with Crippen molar-refractivity contribution in [1.82, 2.24) is 19.7 Å². The van der Waals surface area contributed by atoms with Crippen molar-refractivity contribution in [2.75, 3.05) is 14.2 Å². The number of carboxylic acid groups (broad SMARTS) is 1. The number of rotatable bonds is 7. The minimum absolute atomic E-state index is 0.0208. The number of nitrogens with one attached hydrogen (secondary N) is 1. The molecule has 0 radical (unpaired) electrons. The van der Waals surface area contributed by atoms with Crippen molar-refractivity contribution in [2.24, 2.45) is 7.05 Å². The molecular formula is C20H21N4O4S-. The molecule has 0 amide bonds. The summed E-state index contributed by atoms with van der Waals surface area (Å²) in [4.78, 5) is 16.1. The number of nitrogens with zero attached hydrogens (tertiary/aromatic N) is 3. The first-order valence-corrected chi connectivity index (χ1v) is 9.53. The van der Waals surface area contributed by atoms with Gasteiger partial charge in [0.15, 0.2) is 5.82 Å². The molecule has 1 N–H and O–H groups in total. The van der Waals surface area contributed by atoms with E-state index >= 15 is 0 Å². The third kappa shape index (κ3) is 4.45. The summed E-state index contributed by atoms with van der Waals surface area (Å²) in [6, 6.07) is 7.23. The molecule has 0 saturated heterocycles. The van der Waals surface area contributed by atoms with Gasteiger partial charge in [-0.25, -0.2) is 4.98 Å². The number of thioether (sulfide) groups is 1. The van der Waals surface area contributed by atoms with Gasteiger partial charge in [0.1, 0.15) is 11.5 Å². The van der Waals surface area contributed by atoms with Crippen LogP contribution in [0, 0.1) is 13.8 Å². The first-order valence-electron chi connectivity index (χ1n) is 8.72. The Bertz CT molecular complexity index is 1060. The number of carboxylic acids is 1. The van der Waals surface area contributed by atoms with Crippen molar-refractivity contribution in [1.29, 1.82) is 0 Å². The lowest BCUT2D eigenvalue weighted by atomic mass is 10.2. The van der Waals surface area contributed by atoms with E-state index in [1.54, 1.807) is 38.5 Å². The van der Waals surface area contributed by atoms with E-state index in [0.717, 1.165) is 28.7 Å². The molecule has 0 spiro atoms. The second-order valence-electron chi connectivity index (χ2n) is 6.35. The van der Waals surface area contributed by atoms with Gasteiger partial charge in [-0.05, 0) is 55.4 Å². The number of aromatic amines is 1. The van der Waals surface area contributed by atoms with E-state index in [-0.39, 0.29) is 10.1 Å². The molecule has 2 aromatic heterocycles. The number of carbonyl (C=O) groups is 1. The highest BCUT2D eigenvalue weighted by Gasteiger charge is 2.13. The van der Waals surface area contributed by atoms with E-state index in [4.69, 9.17) is 9.47 Å². The predicted octanol–water partition coefficient (Wildman–Crippen LogP) is 2.33. The van der Waals surface area contributed by atoms with Crippen LogP contribution in [0.5, 0.6) is 11.5 Å². The zero-order chi connectivity index (χ0) is 21.1. The SMILES string of the molecule is COc1cc(OC)cc(-c2nc(S/C(=C\c3cc(C)n(C)c3C)C(=O)[O-])n[nH]2)c1. The number of ether oxygens (including phenoxy) is 2. The van der Waals surface area contributed by atoms with Crippen molar-refractivity contribution in [3.05, 3.63) is 46.1 Å². The van der Waals surface area contributed by atoms with Gasteiger partial charge in [0.2, 0.25) is 5.16 Å². The Kier molecular flexibility index (Phi) is 5.97. The zero-order valence-electron chi connectivity index (χ0n) is 16.8. The third-order valence-electron chi connectivity index (χ3n) is 4.59. The summed E-state index contributed by atoms with van der Waals surface area (Å²) in [6.45, 7) is 3.89. The van der Waals surface area contributed by atoms with Gasteiger partial charge < -0.3 is 23.9 Å². The van der Waals surface area contributed by atoms with E-state index in [0.29, 0.717) is 22.9 Å². The fourth-order valence-electron chi connectivity index (χ4n) is 2.77. The van der Waals surface area contributed by atoms with Crippen LogP contribution in [0.25, 0.3) is 17.5 Å². The fourth-order valence-corrected chi connectivity index (χ4v) is 3.46. The van der Waals surface area contributed by atoms with E-state index in [9.17, 15) is 9.90 Å². The molecule has 8 nitrogen and oxygen atoms in total. The van der Waals surface area contributed by atoms with E-state index in [2.05, 4.69) is 15.2 Å². The van der Waals surface area contributed by atoms with Crippen LogP contribution in [-0.4, -0.2) is 39.9 Å². The first-order chi connectivity index (χ1) is 13.8. The molecule has 0 saturated carbocycles. The van der Waals surface area contributed by atoms with Gasteiger partial charge in [0.25, 0.3) is 0 Å². The lowest BCUT2D eigenvalue weighted by molar-refractivity contribution is -0.297. The van der Waals surface area contributed by atoms with Crippen molar-refractivity contribution in [2.45, 2.75) is 19.0 Å². The van der Waals surface area contributed by atoms with Crippen LogP contribution in [0.3, 0.4) is 0 Å². The Balaban J connectivity index is 1.90. The third-order valence-corrected chi connectivity index (χ3v) is 5.46. The monoisotopic (exact) mass is 413 g/mol. The molecule has 29 heavy (non-hydrogen) atoms. The van der Waals surface area contributed by atoms with Crippen LogP contribution < -0.4 is 14.6 Å². The molecule has 1 aromatic carbocycles. The number of aromatic nitrogens is 4. The number of hydrogen-bond acceptors (Lipinski definition) is 7. The summed E-state index contributed by atoms with van der Waals surface area (Å²) in [5.74, 6) is 0.393. The van der Waals surface area contributed by atoms with Crippen LogP contribution in [0.4, 0.5) is 0 Å².